The third-order valence-electron chi connectivity index (χ3n) is 2.72. The first-order chi connectivity index (χ1) is 7.31. The number of fused-ring (bicyclic) bond motifs is 1. The van der Waals surface area contributed by atoms with Gasteiger partial charge in [-0.25, -0.2) is 0 Å². The van der Waals surface area contributed by atoms with E-state index in [4.69, 9.17) is 11.2 Å². The molecule has 0 spiro atoms. The second-order valence-corrected chi connectivity index (χ2v) is 3.76. The van der Waals surface area contributed by atoms with Crippen LogP contribution < -0.4 is 4.74 Å². The van der Waals surface area contributed by atoms with Crippen LogP contribution in [0.15, 0.2) is 18.2 Å². The summed E-state index contributed by atoms with van der Waals surface area (Å²) in [6, 6.07) is 5.83. The summed E-state index contributed by atoms with van der Waals surface area (Å²) in [5.74, 6) is 3.17. The van der Waals surface area contributed by atoms with Crippen LogP contribution in [0.3, 0.4) is 0 Å². The highest BCUT2D eigenvalue weighted by Gasteiger charge is 2.18. The maximum atomic E-state index is 9.82. The zero-order chi connectivity index (χ0) is 10.7. The zero-order valence-electron chi connectivity index (χ0n) is 8.57. The molecule has 0 unspecified atom stereocenters. The van der Waals surface area contributed by atoms with E-state index in [2.05, 4.69) is 5.92 Å². The summed E-state index contributed by atoms with van der Waals surface area (Å²) in [6.45, 7) is 0.273. The smallest absolute Gasteiger partial charge is 0.148 e. The van der Waals surface area contributed by atoms with E-state index in [9.17, 15) is 5.11 Å². The van der Waals surface area contributed by atoms with Crippen LogP contribution in [-0.4, -0.2) is 11.7 Å². The summed E-state index contributed by atoms with van der Waals surface area (Å²) in [4.78, 5) is 0. The summed E-state index contributed by atoms with van der Waals surface area (Å²) in [5, 5.41) is 9.82. The fourth-order valence-corrected chi connectivity index (χ4v) is 1.97. The molecular formula is C13H14O2. The summed E-state index contributed by atoms with van der Waals surface area (Å²) in [5.41, 5.74) is 2.22. The lowest BCUT2D eigenvalue weighted by Gasteiger charge is -2.21. The Bertz CT molecular complexity index is 390. The highest BCUT2D eigenvalue weighted by Crippen LogP contribution is 2.32. The number of benzene rings is 1. The summed E-state index contributed by atoms with van der Waals surface area (Å²) < 4.78 is 5.32. The molecule has 15 heavy (non-hydrogen) atoms. The second kappa shape index (κ2) is 4.37. The van der Waals surface area contributed by atoms with E-state index < -0.39 is 0 Å². The normalized spacial score (nSPS) is 19.1. The molecule has 1 aromatic carbocycles. The van der Waals surface area contributed by atoms with Crippen molar-refractivity contribution in [1.82, 2.24) is 0 Å². The average Bonchev–Trinajstić information content (AvgIpc) is 2.27. The molecule has 2 heteroatoms. The summed E-state index contributed by atoms with van der Waals surface area (Å²) >= 11 is 0. The van der Waals surface area contributed by atoms with Crippen molar-refractivity contribution in [3.05, 3.63) is 29.3 Å². The van der Waals surface area contributed by atoms with Crippen LogP contribution in [0.1, 0.15) is 30.1 Å². The quantitative estimate of drug-likeness (QED) is 0.744. The number of aryl methyl sites for hydroxylation is 1. The van der Waals surface area contributed by atoms with E-state index in [0.717, 1.165) is 30.6 Å². The van der Waals surface area contributed by atoms with Crippen LogP contribution in [0.2, 0.25) is 0 Å². The topological polar surface area (TPSA) is 29.5 Å². The molecule has 2 nitrogen and oxygen atoms in total. The van der Waals surface area contributed by atoms with Crippen LogP contribution in [0.25, 0.3) is 0 Å². The molecule has 0 aliphatic heterocycles. The Kier molecular flexibility index (Phi) is 2.94. The van der Waals surface area contributed by atoms with Gasteiger partial charge in [0.1, 0.15) is 12.4 Å². The standard InChI is InChI=1S/C13H14O2/c1-2-8-15-11-7-6-10-4-3-5-13(14)12(10)9-11/h1,6-7,9,13-14H,3-5,8H2/t13-/m1/s1. The Hall–Kier alpha value is -1.46. The lowest BCUT2D eigenvalue weighted by atomic mass is 9.89. The van der Waals surface area contributed by atoms with Crippen molar-refractivity contribution >= 4 is 0 Å². The van der Waals surface area contributed by atoms with E-state index in [1.807, 2.05) is 18.2 Å². The van der Waals surface area contributed by atoms with Crippen molar-refractivity contribution in [3.63, 3.8) is 0 Å². The van der Waals surface area contributed by atoms with Crippen LogP contribution in [0, 0.1) is 12.3 Å². The van der Waals surface area contributed by atoms with Crippen molar-refractivity contribution in [3.8, 4) is 18.1 Å². The molecule has 0 radical (unpaired) electrons. The average molecular weight is 202 g/mol. The number of terminal acetylenes is 1. The molecule has 0 heterocycles. The molecule has 1 N–H and O–H groups in total. The molecule has 1 aliphatic rings. The monoisotopic (exact) mass is 202 g/mol. The fourth-order valence-electron chi connectivity index (χ4n) is 1.97. The Labute approximate surface area is 89.9 Å². The first-order valence-corrected chi connectivity index (χ1v) is 5.18. The first-order valence-electron chi connectivity index (χ1n) is 5.18. The van der Waals surface area contributed by atoms with Gasteiger partial charge in [0.05, 0.1) is 6.10 Å². The van der Waals surface area contributed by atoms with Crippen molar-refractivity contribution in [1.29, 1.82) is 0 Å². The summed E-state index contributed by atoms with van der Waals surface area (Å²) in [7, 11) is 0. The second-order valence-electron chi connectivity index (χ2n) is 3.76. The predicted octanol–water partition coefficient (Wildman–Crippen LogP) is 2.07. The number of ether oxygens (including phenoxy) is 1. The maximum absolute atomic E-state index is 9.82. The van der Waals surface area contributed by atoms with E-state index in [1.54, 1.807) is 0 Å². The van der Waals surface area contributed by atoms with Gasteiger partial charge in [-0.15, -0.1) is 6.42 Å². The van der Waals surface area contributed by atoms with Crippen molar-refractivity contribution in [2.75, 3.05) is 6.61 Å². The molecule has 0 amide bonds. The molecule has 0 fully saturated rings. The third kappa shape index (κ3) is 2.14. The molecule has 1 aliphatic carbocycles. The highest BCUT2D eigenvalue weighted by atomic mass is 16.5. The van der Waals surface area contributed by atoms with Gasteiger partial charge in [-0.2, -0.15) is 0 Å². The zero-order valence-corrected chi connectivity index (χ0v) is 8.57. The number of hydrogen-bond donors (Lipinski definition) is 1. The first kappa shape index (κ1) is 10.1. The van der Waals surface area contributed by atoms with E-state index in [1.165, 1.54) is 5.56 Å². The van der Waals surface area contributed by atoms with Crippen molar-refractivity contribution < 1.29 is 9.84 Å². The molecule has 0 saturated carbocycles. The molecule has 1 aromatic rings. The molecular weight excluding hydrogens is 188 g/mol. The Balaban J connectivity index is 2.24. The minimum atomic E-state index is -0.344. The van der Waals surface area contributed by atoms with Gasteiger partial charge in [-0.3, -0.25) is 0 Å². The minimum Gasteiger partial charge on any atom is -0.481 e. The lowest BCUT2D eigenvalue weighted by molar-refractivity contribution is 0.156. The molecule has 0 bridgehead atoms. The van der Waals surface area contributed by atoms with E-state index in [0.29, 0.717) is 0 Å². The largest absolute Gasteiger partial charge is 0.481 e. The Morgan fingerprint density at radius 2 is 2.40 bits per heavy atom. The summed E-state index contributed by atoms with van der Waals surface area (Å²) in [6.07, 6.45) is 7.71. The van der Waals surface area contributed by atoms with Gasteiger partial charge in [0, 0.05) is 0 Å². The molecule has 0 aromatic heterocycles. The van der Waals surface area contributed by atoms with Gasteiger partial charge in [-0.1, -0.05) is 12.0 Å². The Morgan fingerprint density at radius 1 is 1.53 bits per heavy atom. The molecule has 0 saturated heterocycles. The van der Waals surface area contributed by atoms with Crippen LogP contribution in [0.5, 0.6) is 5.75 Å². The van der Waals surface area contributed by atoms with Gasteiger partial charge >= 0.3 is 0 Å². The highest BCUT2D eigenvalue weighted by molar-refractivity contribution is 5.38. The van der Waals surface area contributed by atoms with Crippen molar-refractivity contribution in [2.24, 2.45) is 0 Å². The van der Waals surface area contributed by atoms with E-state index in [-0.39, 0.29) is 12.7 Å². The van der Waals surface area contributed by atoms with Crippen LogP contribution in [-0.2, 0) is 6.42 Å². The molecule has 78 valence electrons. The van der Waals surface area contributed by atoms with Crippen LogP contribution in [0.4, 0.5) is 0 Å². The third-order valence-corrected chi connectivity index (χ3v) is 2.72. The number of rotatable bonds is 2. The van der Waals surface area contributed by atoms with Gasteiger partial charge in [0.15, 0.2) is 0 Å². The number of aliphatic hydroxyl groups is 1. The lowest BCUT2D eigenvalue weighted by Crippen LogP contribution is -2.09. The number of hydrogen-bond acceptors (Lipinski definition) is 2. The SMILES string of the molecule is C#CCOc1ccc2c(c1)[C@H](O)CCC2. The van der Waals surface area contributed by atoms with Gasteiger partial charge in [0.2, 0.25) is 0 Å². The van der Waals surface area contributed by atoms with Crippen LogP contribution >= 0.6 is 0 Å². The maximum Gasteiger partial charge on any atom is 0.148 e. The Morgan fingerprint density at radius 3 is 3.20 bits per heavy atom. The fraction of sp³-hybridized carbons (Fsp3) is 0.385. The van der Waals surface area contributed by atoms with E-state index >= 15 is 0 Å². The molecule has 2 rings (SSSR count). The van der Waals surface area contributed by atoms with Gasteiger partial charge < -0.3 is 9.84 Å². The van der Waals surface area contributed by atoms with Crippen molar-refractivity contribution in [2.45, 2.75) is 25.4 Å². The predicted molar refractivity (Wildman–Crippen MR) is 58.7 cm³/mol. The van der Waals surface area contributed by atoms with Gasteiger partial charge in [0.25, 0.3) is 0 Å². The van der Waals surface area contributed by atoms with Gasteiger partial charge in [-0.05, 0) is 42.5 Å². The number of aliphatic hydroxyl groups excluding tert-OH is 1. The molecule has 1 atom stereocenters. The minimum absolute atomic E-state index is 0.273.